The lowest BCUT2D eigenvalue weighted by molar-refractivity contribution is 0.265. The Balaban J connectivity index is 2.66. The Morgan fingerprint density at radius 2 is 2.27 bits per heavy atom. The molecule has 3 N–H and O–H groups in total. The van der Waals surface area contributed by atoms with Crippen LogP contribution in [0.15, 0.2) is 18.2 Å². The van der Waals surface area contributed by atoms with Gasteiger partial charge in [-0.3, -0.25) is 4.40 Å². The van der Waals surface area contributed by atoms with Crippen molar-refractivity contribution in [2.75, 3.05) is 6.61 Å². The van der Waals surface area contributed by atoms with Crippen LogP contribution in [0.4, 0.5) is 0 Å². The van der Waals surface area contributed by atoms with Crippen LogP contribution in [0.25, 0.3) is 5.65 Å². The number of hydrogen-bond donors (Lipinski definition) is 2. The number of pyridine rings is 1. The van der Waals surface area contributed by atoms with Gasteiger partial charge in [0.25, 0.3) is 0 Å². The second kappa shape index (κ2) is 3.96. The van der Waals surface area contributed by atoms with Gasteiger partial charge in [-0.2, -0.15) is 0 Å². The zero-order chi connectivity index (χ0) is 10.8. The van der Waals surface area contributed by atoms with E-state index in [0.29, 0.717) is 0 Å². The Bertz CT molecular complexity index is 465. The molecule has 0 aliphatic rings. The average molecular weight is 206 g/mol. The summed E-state index contributed by atoms with van der Waals surface area (Å²) in [4.78, 5) is 0. The van der Waals surface area contributed by atoms with E-state index in [-0.39, 0.29) is 6.61 Å². The maximum atomic E-state index is 9.07. The van der Waals surface area contributed by atoms with Crippen molar-refractivity contribution in [1.82, 2.24) is 14.6 Å². The first-order valence-electron chi connectivity index (χ1n) is 4.97. The Kier molecular flexibility index (Phi) is 2.66. The Hall–Kier alpha value is -1.46. The molecular weight excluding hydrogens is 192 g/mol. The summed E-state index contributed by atoms with van der Waals surface area (Å²) in [5, 5.41) is 17.2. The zero-order valence-electron chi connectivity index (χ0n) is 8.59. The molecule has 0 radical (unpaired) electrons. The van der Waals surface area contributed by atoms with Crippen LogP contribution in [0.3, 0.4) is 0 Å². The number of aromatic nitrogens is 3. The summed E-state index contributed by atoms with van der Waals surface area (Å²) >= 11 is 0. The molecule has 80 valence electrons. The second-order valence-corrected chi connectivity index (χ2v) is 3.40. The molecule has 0 fully saturated rings. The fourth-order valence-corrected chi connectivity index (χ4v) is 1.64. The van der Waals surface area contributed by atoms with E-state index in [4.69, 9.17) is 10.8 Å². The third-order valence-corrected chi connectivity index (χ3v) is 2.42. The first-order chi connectivity index (χ1) is 7.27. The van der Waals surface area contributed by atoms with Gasteiger partial charge in [-0.25, -0.2) is 0 Å². The smallest absolute Gasteiger partial charge is 0.161 e. The van der Waals surface area contributed by atoms with Crippen molar-refractivity contribution in [3.8, 4) is 0 Å². The van der Waals surface area contributed by atoms with E-state index in [2.05, 4.69) is 10.2 Å². The topological polar surface area (TPSA) is 76.4 Å². The van der Waals surface area contributed by atoms with Gasteiger partial charge in [-0.15, -0.1) is 10.2 Å². The number of aryl methyl sites for hydroxylation is 1. The summed E-state index contributed by atoms with van der Waals surface area (Å²) < 4.78 is 1.90. The van der Waals surface area contributed by atoms with Crippen molar-refractivity contribution < 1.29 is 5.11 Å². The zero-order valence-corrected chi connectivity index (χ0v) is 8.59. The highest BCUT2D eigenvalue weighted by Gasteiger charge is 2.12. The molecule has 1 unspecified atom stereocenters. The maximum Gasteiger partial charge on any atom is 0.161 e. The van der Waals surface area contributed by atoms with Gasteiger partial charge >= 0.3 is 0 Å². The second-order valence-electron chi connectivity index (χ2n) is 3.40. The molecule has 2 rings (SSSR count). The van der Waals surface area contributed by atoms with Crippen LogP contribution >= 0.6 is 0 Å². The van der Waals surface area contributed by atoms with E-state index in [1.807, 2.05) is 29.5 Å². The standard InChI is InChI=1S/C10H14N4O/c1-2-9-12-13-10-5-3-4-8(14(9)10)7(11)6-15/h3-5,7,15H,2,6,11H2,1H3. The fraction of sp³-hybridized carbons (Fsp3) is 0.400. The van der Waals surface area contributed by atoms with E-state index >= 15 is 0 Å². The van der Waals surface area contributed by atoms with Crippen LogP contribution in [0, 0.1) is 0 Å². The van der Waals surface area contributed by atoms with Gasteiger partial charge in [0.05, 0.1) is 12.6 Å². The largest absolute Gasteiger partial charge is 0.394 e. The number of nitrogens with zero attached hydrogens (tertiary/aromatic N) is 3. The van der Waals surface area contributed by atoms with Gasteiger partial charge in [-0.1, -0.05) is 13.0 Å². The number of aliphatic hydroxyl groups is 1. The lowest BCUT2D eigenvalue weighted by atomic mass is 10.2. The number of fused-ring (bicyclic) bond motifs is 1. The molecule has 0 bridgehead atoms. The summed E-state index contributed by atoms with van der Waals surface area (Å²) in [6, 6.07) is 5.24. The van der Waals surface area contributed by atoms with Crippen molar-refractivity contribution in [2.24, 2.45) is 5.73 Å². The average Bonchev–Trinajstić information content (AvgIpc) is 2.70. The van der Waals surface area contributed by atoms with Gasteiger partial charge < -0.3 is 10.8 Å². The number of nitrogens with two attached hydrogens (primary N) is 1. The molecule has 15 heavy (non-hydrogen) atoms. The minimum atomic E-state index is -0.394. The summed E-state index contributed by atoms with van der Waals surface area (Å²) in [6.45, 7) is 1.93. The molecule has 2 aromatic heterocycles. The summed E-state index contributed by atoms with van der Waals surface area (Å²) in [7, 11) is 0. The summed E-state index contributed by atoms with van der Waals surface area (Å²) in [6.07, 6.45) is 0.788. The van der Waals surface area contributed by atoms with Crippen molar-refractivity contribution in [1.29, 1.82) is 0 Å². The molecule has 0 saturated heterocycles. The first kappa shape index (κ1) is 10.1. The van der Waals surface area contributed by atoms with Crippen LogP contribution in [0.5, 0.6) is 0 Å². The van der Waals surface area contributed by atoms with Crippen molar-refractivity contribution in [3.63, 3.8) is 0 Å². The molecule has 0 saturated carbocycles. The van der Waals surface area contributed by atoms with Crippen molar-refractivity contribution >= 4 is 5.65 Å². The van der Waals surface area contributed by atoms with E-state index < -0.39 is 6.04 Å². The number of rotatable bonds is 3. The Labute approximate surface area is 87.6 Å². The molecule has 2 heterocycles. The van der Waals surface area contributed by atoms with Gasteiger partial charge in [0, 0.05) is 12.1 Å². The number of aliphatic hydroxyl groups excluding tert-OH is 1. The molecule has 5 heteroatoms. The highest BCUT2D eigenvalue weighted by molar-refractivity contribution is 5.40. The summed E-state index contributed by atoms with van der Waals surface area (Å²) in [5.41, 5.74) is 7.43. The van der Waals surface area contributed by atoms with Crippen molar-refractivity contribution in [2.45, 2.75) is 19.4 Å². The molecule has 0 amide bonds. The van der Waals surface area contributed by atoms with Crippen LogP contribution in [-0.4, -0.2) is 26.3 Å². The first-order valence-corrected chi connectivity index (χ1v) is 4.97. The molecule has 2 aromatic rings. The Morgan fingerprint density at radius 3 is 2.93 bits per heavy atom. The summed E-state index contributed by atoms with van der Waals surface area (Å²) in [5.74, 6) is 0.865. The van der Waals surface area contributed by atoms with Gasteiger partial charge in [0.15, 0.2) is 5.65 Å². The molecule has 1 atom stereocenters. The fourth-order valence-electron chi connectivity index (χ4n) is 1.64. The third kappa shape index (κ3) is 1.60. The van der Waals surface area contributed by atoms with E-state index in [0.717, 1.165) is 23.6 Å². The minimum Gasteiger partial charge on any atom is -0.394 e. The van der Waals surface area contributed by atoms with E-state index in [9.17, 15) is 0 Å². The van der Waals surface area contributed by atoms with Crippen LogP contribution in [0.1, 0.15) is 24.5 Å². The number of hydrogen-bond acceptors (Lipinski definition) is 4. The predicted octanol–water partition coefficient (Wildman–Crippen LogP) is 0.284. The highest BCUT2D eigenvalue weighted by Crippen LogP contribution is 2.14. The molecule has 0 aliphatic carbocycles. The molecule has 0 aliphatic heterocycles. The van der Waals surface area contributed by atoms with Crippen molar-refractivity contribution in [3.05, 3.63) is 29.7 Å². The van der Waals surface area contributed by atoms with Gasteiger partial charge in [-0.05, 0) is 12.1 Å². The molecular formula is C10H14N4O. The predicted molar refractivity (Wildman–Crippen MR) is 56.4 cm³/mol. The van der Waals surface area contributed by atoms with Crippen LogP contribution < -0.4 is 5.73 Å². The molecule has 0 aromatic carbocycles. The monoisotopic (exact) mass is 206 g/mol. The van der Waals surface area contributed by atoms with E-state index in [1.54, 1.807) is 0 Å². The highest BCUT2D eigenvalue weighted by atomic mass is 16.3. The maximum absolute atomic E-state index is 9.07. The molecule has 5 nitrogen and oxygen atoms in total. The minimum absolute atomic E-state index is 0.0829. The van der Waals surface area contributed by atoms with Crippen LogP contribution in [-0.2, 0) is 6.42 Å². The lowest BCUT2D eigenvalue weighted by Crippen LogP contribution is -2.18. The quantitative estimate of drug-likeness (QED) is 0.756. The molecule has 0 spiro atoms. The normalized spacial score (nSPS) is 13.3. The van der Waals surface area contributed by atoms with Gasteiger partial charge in [0.1, 0.15) is 5.82 Å². The Morgan fingerprint density at radius 1 is 1.47 bits per heavy atom. The third-order valence-electron chi connectivity index (χ3n) is 2.42. The lowest BCUT2D eigenvalue weighted by Gasteiger charge is -2.11. The van der Waals surface area contributed by atoms with E-state index in [1.165, 1.54) is 0 Å². The van der Waals surface area contributed by atoms with Gasteiger partial charge in [0.2, 0.25) is 0 Å². The SMILES string of the molecule is CCc1nnc2cccc(C(N)CO)n12. The van der Waals surface area contributed by atoms with Crippen LogP contribution in [0.2, 0.25) is 0 Å².